The molecule has 1 aliphatic rings. The van der Waals surface area contributed by atoms with Crippen LogP contribution in [-0.2, 0) is 0 Å². The van der Waals surface area contributed by atoms with Crippen molar-refractivity contribution in [3.8, 4) is 0 Å². The molecule has 0 aromatic heterocycles. The highest BCUT2D eigenvalue weighted by molar-refractivity contribution is 5.93. The van der Waals surface area contributed by atoms with Crippen LogP contribution < -0.4 is 11.1 Å². The van der Waals surface area contributed by atoms with E-state index >= 15 is 0 Å². The molecule has 0 atom stereocenters. The number of rotatable bonds is 3. The zero-order chi connectivity index (χ0) is 11.5. The average molecular weight is 218 g/mol. The highest BCUT2D eigenvalue weighted by Gasteiger charge is 2.15. The minimum Gasteiger partial charge on any atom is -0.382 e. The molecule has 2 rings (SSSR count). The Morgan fingerprint density at radius 2 is 2.06 bits per heavy atom. The molecule has 1 aliphatic carbocycles. The van der Waals surface area contributed by atoms with Crippen molar-refractivity contribution in [1.82, 2.24) is 0 Å². The molecule has 1 aromatic carbocycles. The second-order valence-corrected chi connectivity index (χ2v) is 4.52. The van der Waals surface area contributed by atoms with Crippen LogP contribution >= 0.6 is 0 Å². The zero-order valence-corrected chi connectivity index (χ0v) is 9.62. The molecule has 0 saturated heterocycles. The van der Waals surface area contributed by atoms with Crippen LogP contribution in [0.2, 0.25) is 0 Å². The van der Waals surface area contributed by atoms with Gasteiger partial charge in [-0.15, -0.1) is 0 Å². The van der Waals surface area contributed by atoms with E-state index in [1.807, 2.05) is 19.1 Å². The number of carbonyl (C=O) groups excluding carboxylic acids is 1. The standard InChI is InChI=1S/C13H18N2O/c1-9-8-10(13(14)16)6-7-12(9)15-11-4-2-3-5-11/h6-8,11,15H,2-5H2,1H3,(H2,14,16). The summed E-state index contributed by atoms with van der Waals surface area (Å²) in [5.41, 5.74) is 8.02. The molecular formula is C13H18N2O. The van der Waals surface area contributed by atoms with Crippen LogP contribution in [0, 0.1) is 6.92 Å². The van der Waals surface area contributed by atoms with E-state index in [2.05, 4.69) is 5.32 Å². The second-order valence-electron chi connectivity index (χ2n) is 4.52. The van der Waals surface area contributed by atoms with E-state index in [0.29, 0.717) is 11.6 Å². The number of nitrogens with two attached hydrogens (primary N) is 1. The maximum atomic E-state index is 11.0. The number of amides is 1. The Labute approximate surface area is 96.0 Å². The van der Waals surface area contributed by atoms with Gasteiger partial charge in [-0.25, -0.2) is 0 Å². The Hall–Kier alpha value is -1.51. The van der Waals surface area contributed by atoms with Crippen molar-refractivity contribution in [2.45, 2.75) is 38.6 Å². The minimum absolute atomic E-state index is 0.365. The molecule has 0 spiro atoms. The maximum Gasteiger partial charge on any atom is 0.248 e. The lowest BCUT2D eigenvalue weighted by atomic mass is 10.1. The van der Waals surface area contributed by atoms with Crippen molar-refractivity contribution in [2.75, 3.05) is 5.32 Å². The van der Waals surface area contributed by atoms with Gasteiger partial charge in [-0.1, -0.05) is 12.8 Å². The predicted octanol–water partition coefficient (Wildman–Crippen LogP) is 2.45. The van der Waals surface area contributed by atoms with Gasteiger partial charge in [0.15, 0.2) is 0 Å². The summed E-state index contributed by atoms with van der Waals surface area (Å²) in [6.07, 6.45) is 5.13. The fraction of sp³-hybridized carbons (Fsp3) is 0.462. The van der Waals surface area contributed by atoms with Crippen LogP contribution in [0.4, 0.5) is 5.69 Å². The van der Waals surface area contributed by atoms with Crippen molar-refractivity contribution in [3.63, 3.8) is 0 Å². The summed E-state index contributed by atoms with van der Waals surface area (Å²) in [7, 11) is 0. The summed E-state index contributed by atoms with van der Waals surface area (Å²) in [6, 6.07) is 6.18. The predicted molar refractivity (Wildman–Crippen MR) is 65.6 cm³/mol. The Bertz CT molecular complexity index is 395. The average Bonchev–Trinajstić information content (AvgIpc) is 2.73. The summed E-state index contributed by atoms with van der Waals surface area (Å²) in [5, 5.41) is 3.52. The van der Waals surface area contributed by atoms with E-state index in [-0.39, 0.29) is 5.91 Å². The Balaban J connectivity index is 2.12. The maximum absolute atomic E-state index is 11.0. The van der Waals surface area contributed by atoms with Gasteiger partial charge in [-0.2, -0.15) is 0 Å². The van der Waals surface area contributed by atoms with Gasteiger partial charge in [0.25, 0.3) is 0 Å². The fourth-order valence-electron chi connectivity index (χ4n) is 2.27. The first-order chi connectivity index (χ1) is 7.66. The van der Waals surface area contributed by atoms with Crippen molar-refractivity contribution < 1.29 is 4.79 Å². The number of benzene rings is 1. The van der Waals surface area contributed by atoms with E-state index in [0.717, 1.165) is 11.3 Å². The van der Waals surface area contributed by atoms with Gasteiger partial charge in [0, 0.05) is 17.3 Å². The molecule has 3 heteroatoms. The third kappa shape index (κ3) is 2.35. The summed E-state index contributed by atoms with van der Waals surface area (Å²) in [5.74, 6) is -0.365. The quantitative estimate of drug-likeness (QED) is 0.818. The molecule has 16 heavy (non-hydrogen) atoms. The van der Waals surface area contributed by atoms with Gasteiger partial charge < -0.3 is 11.1 Å². The van der Waals surface area contributed by atoms with Gasteiger partial charge in [0.2, 0.25) is 5.91 Å². The number of anilines is 1. The summed E-state index contributed by atoms with van der Waals surface area (Å²) < 4.78 is 0. The number of primary amides is 1. The molecule has 3 N–H and O–H groups in total. The number of aryl methyl sites for hydroxylation is 1. The third-order valence-electron chi connectivity index (χ3n) is 3.23. The van der Waals surface area contributed by atoms with Crippen LogP contribution in [0.25, 0.3) is 0 Å². The molecule has 0 unspecified atom stereocenters. The lowest BCUT2D eigenvalue weighted by Gasteiger charge is -2.16. The normalized spacial score (nSPS) is 16.3. The fourth-order valence-corrected chi connectivity index (χ4v) is 2.27. The van der Waals surface area contributed by atoms with Crippen molar-refractivity contribution in [3.05, 3.63) is 29.3 Å². The highest BCUT2D eigenvalue weighted by atomic mass is 16.1. The van der Waals surface area contributed by atoms with Crippen LogP contribution in [0.15, 0.2) is 18.2 Å². The first-order valence-corrected chi connectivity index (χ1v) is 5.84. The monoisotopic (exact) mass is 218 g/mol. The molecule has 1 amide bonds. The summed E-state index contributed by atoms with van der Waals surface area (Å²) in [4.78, 5) is 11.0. The van der Waals surface area contributed by atoms with E-state index in [4.69, 9.17) is 5.73 Å². The molecule has 0 heterocycles. The number of hydrogen-bond donors (Lipinski definition) is 2. The van der Waals surface area contributed by atoms with E-state index in [9.17, 15) is 4.79 Å². The van der Waals surface area contributed by atoms with Crippen molar-refractivity contribution in [2.24, 2.45) is 5.73 Å². The van der Waals surface area contributed by atoms with Gasteiger partial charge in [-0.05, 0) is 43.5 Å². The van der Waals surface area contributed by atoms with Gasteiger partial charge in [0.05, 0.1) is 0 Å². The Kier molecular flexibility index (Phi) is 3.13. The lowest BCUT2D eigenvalue weighted by Crippen LogP contribution is -2.16. The molecule has 1 saturated carbocycles. The lowest BCUT2D eigenvalue weighted by molar-refractivity contribution is 0.100. The molecule has 1 fully saturated rings. The van der Waals surface area contributed by atoms with Crippen LogP contribution in [0.5, 0.6) is 0 Å². The topological polar surface area (TPSA) is 55.1 Å². The van der Waals surface area contributed by atoms with Crippen molar-refractivity contribution >= 4 is 11.6 Å². The molecule has 86 valence electrons. The van der Waals surface area contributed by atoms with E-state index in [1.54, 1.807) is 6.07 Å². The number of nitrogens with one attached hydrogen (secondary N) is 1. The van der Waals surface area contributed by atoms with E-state index in [1.165, 1.54) is 25.7 Å². The van der Waals surface area contributed by atoms with E-state index < -0.39 is 0 Å². The van der Waals surface area contributed by atoms with Gasteiger partial charge in [0.1, 0.15) is 0 Å². The molecule has 0 aliphatic heterocycles. The molecular weight excluding hydrogens is 200 g/mol. The molecule has 3 nitrogen and oxygen atoms in total. The van der Waals surface area contributed by atoms with Crippen LogP contribution in [0.3, 0.4) is 0 Å². The largest absolute Gasteiger partial charge is 0.382 e. The Morgan fingerprint density at radius 1 is 1.38 bits per heavy atom. The number of hydrogen-bond acceptors (Lipinski definition) is 2. The molecule has 0 radical (unpaired) electrons. The summed E-state index contributed by atoms with van der Waals surface area (Å²) >= 11 is 0. The SMILES string of the molecule is Cc1cc(C(N)=O)ccc1NC1CCCC1. The number of carbonyl (C=O) groups is 1. The summed E-state index contributed by atoms with van der Waals surface area (Å²) in [6.45, 7) is 2.00. The zero-order valence-electron chi connectivity index (χ0n) is 9.62. The first-order valence-electron chi connectivity index (χ1n) is 5.84. The van der Waals surface area contributed by atoms with Crippen LogP contribution in [-0.4, -0.2) is 11.9 Å². The van der Waals surface area contributed by atoms with Crippen molar-refractivity contribution in [1.29, 1.82) is 0 Å². The Morgan fingerprint density at radius 3 is 2.62 bits per heavy atom. The first kappa shape index (κ1) is 11.0. The third-order valence-corrected chi connectivity index (χ3v) is 3.23. The smallest absolute Gasteiger partial charge is 0.248 e. The van der Waals surface area contributed by atoms with Crippen LogP contribution in [0.1, 0.15) is 41.6 Å². The molecule has 1 aromatic rings. The van der Waals surface area contributed by atoms with Gasteiger partial charge in [-0.3, -0.25) is 4.79 Å². The highest BCUT2D eigenvalue weighted by Crippen LogP contribution is 2.24. The van der Waals surface area contributed by atoms with Gasteiger partial charge >= 0.3 is 0 Å². The second kappa shape index (κ2) is 4.56. The minimum atomic E-state index is -0.365. The molecule has 0 bridgehead atoms.